The van der Waals surface area contributed by atoms with Crippen molar-refractivity contribution < 1.29 is 22.7 Å². The second-order valence-corrected chi connectivity index (χ2v) is 3.50. The van der Waals surface area contributed by atoms with Crippen molar-refractivity contribution in [1.82, 2.24) is 0 Å². The number of methoxy groups -OCH3 is 1. The van der Waals surface area contributed by atoms with E-state index in [1.807, 2.05) is 0 Å². The maximum atomic E-state index is 12.5. The zero-order chi connectivity index (χ0) is 13.1. The van der Waals surface area contributed by atoms with Gasteiger partial charge in [0.1, 0.15) is 0 Å². The second kappa shape index (κ2) is 5.23. The van der Waals surface area contributed by atoms with E-state index in [9.17, 15) is 18.0 Å². The zero-order valence-electron chi connectivity index (χ0n) is 8.72. The first kappa shape index (κ1) is 13.6. The molecule has 0 aliphatic carbocycles. The van der Waals surface area contributed by atoms with Gasteiger partial charge in [-0.25, -0.2) is 4.79 Å². The Kier molecular flexibility index (Phi) is 4.17. The van der Waals surface area contributed by atoms with Crippen LogP contribution in [0.4, 0.5) is 13.2 Å². The molecule has 0 aromatic heterocycles. The summed E-state index contributed by atoms with van der Waals surface area (Å²) in [6, 6.07) is 3.36. The van der Waals surface area contributed by atoms with Gasteiger partial charge in [0, 0.05) is 6.08 Å². The summed E-state index contributed by atoms with van der Waals surface area (Å²) >= 11 is 5.44. The average Bonchev–Trinajstić information content (AvgIpc) is 2.26. The highest BCUT2D eigenvalue weighted by Gasteiger charge is 2.33. The number of carbonyl (C=O) groups excluding carboxylic acids is 1. The molecule has 0 atom stereocenters. The van der Waals surface area contributed by atoms with Crippen LogP contribution in [0.2, 0.25) is 5.02 Å². The summed E-state index contributed by atoms with van der Waals surface area (Å²) in [5.41, 5.74) is -0.724. The summed E-state index contributed by atoms with van der Waals surface area (Å²) in [6.45, 7) is 0. The average molecular weight is 265 g/mol. The molecule has 0 bridgehead atoms. The van der Waals surface area contributed by atoms with Crippen molar-refractivity contribution in [3.8, 4) is 0 Å². The topological polar surface area (TPSA) is 26.3 Å². The van der Waals surface area contributed by atoms with Crippen LogP contribution < -0.4 is 0 Å². The van der Waals surface area contributed by atoms with Crippen molar-refractivity contribution in [1.29, 1.82) is 0 Å². The molecule has 1 rings (SSSR count). The Hall–Kier alpha value is -1.49. The van der Waals surface area contributed by atoms with Crippen LogP contribution in [0.1, 0.15) is 11.1 Å². The number of ether oxygens (including phenoxy) is 1. The van der Waals surface area contributed by atoms with Gasteiger partial charge in [0.15, 0.2) is 0 Å². The molecule has 92 valence electrons. The molecule has 0 unspecified atom stereocenters. The summed E-state index contributed by atoms with van der Waals surface area (Å²) in [7, 11) is 1.18. The fourth-order valence-corrected chi connectivity index (χ4v) is 1.32. The van der Waals surface area contributed by atoms with E-state index in [4.69, 9.17) is 11.6 Å². The Morgan fingerprint density at radius 2 is 2.06 bits per heavy atom. The van der Waals surface area contributed by atoms with Crippen LogP contribution >= 0.6 is 11.6 Å². The molecule has 2 nitrogen and oxygen atoms in total. The summed E-state index contributed by atoms with van der Waals surface area (Å²) in [5.74, 6) is -0.645. The van der Waals surface area contributed by atoms with Gasteiger partial charge in [-0.3, -0.25) is 0 Å². The van der Waals surface area contributed by atoms with Crippen molar-refractivity contribution in [3.05, 3.63) is 40.4 Å². The molecule has 6 heteroatoms. The lowest BCUT2D eigenvalue weighted by atomic mass is 10.1. The van der Waals surface area contributed by atoms with Crippen LogP contribution in [-0.4, -0.2) is 13.1 Å². The minimum Gasteiger partial charge on any atom is -0.466 e. The molecule has 0 aliphatic heterocycles. The van der Waals surface area contributed by atoms with E-state index in [0.29, 0.717) is 0 Å². The Morgan fingerprint density at radius 3 is 2.59 bits per heavy atom. The number of benzene rings is 1. The Labute approximate surface area is 101 Å². The van der Waals surface area contributed by atoms with Crippen LogP contribution in [0.15, 0.2) is 24.3 Å². The highest BCUT2D eigenvalue weighted by Crippen LogP contribution is 2.35. The number of carbonyl (C=O) groups is 1. The van der Waals surface area contributed by atoms with E-state index in [1.54, 1.807) is 0 Å². The third-order valence-electron chi connectivity index (χ3n) is 1.91. The molecular formula is C11H8ClF3O2. The molecule has 0 saturated carbocycles. The standard InChI is InChI=1S/C11H8ClF3O2/c1-17-10(16)5-3-7-2-4-9(12)8(6-7)11(13,14)15/h2-6H,1H3. The molecule has 0 heterocycles. The van der Waals surface area contributed by atoms with Gasteiger partial charge < -0.3 is 4.74 Å². The molecule has 0 fully saturated rings. The number of hydrogen-bond acceptors (Lipinski definition) is 2. The predicted molar refractivity (Wildman–Crippen MR) is 57.5 cm³/mol. The molecule has 0 radical (unpaired) electrons. The van der Waals surface area contributed by atoms with E-state index < -0.39 is 17.7 Å². The largest absolute Gasteiger partial charge is 0.466 e. The molecule has 0 spiro atoms. The van der Waals surface area contributed by atoms with Crippen molar-refractivity contribution >= 4 is 23.6 Å². The third kappa shape index (κ3) is 3.78. The minimum atomic E-state index is -4.52. The first-order chi connectivity index (χ1) is 7.84. The van der Waals surface area contributed by atoms with E-state index in [1.165, 1.54) is 19.3 Å². The van der Waals surface area contributed by atoms with E-state index in [2.05, 4.69) is 4.74 Å². The molecule has 0 amide bonds. The molecule has 17 heavy (non-hydrogen) atoms. The van der Waals surface area contributed by atoms with Crippen molar-refractivity contribution in [2.75, 3.05) is 7.11 Å². The highest BCUT2D eigenvalue weighted by molar-refractivity contribution is 6.31. The Bertz CT molecular complexity index is 453. The first-order valence-electron chi connectivity index (χ1n) is 4.47. The lowest BCUT2D eigenvalue weighted by Crippen LogP contribution is -2.06. The monoisotopic (exact) mass is 264 g/mol. The van der Waals surface area contributed by atoms with Crippen molar-refractivity contribution in [2.45, 2.75) is 6.18 Å². The molecule has 1 aromatic rings. The summed E-state index contributed by atoms with van der Waals surface area (Å²) in [6.07, 6.45) is -2.27. The number of rotatable bonds is 2. The summed E-state index contributed by atoms with van der Waals surface area (Å²) < 4.78 is 41.8. The number of alkyl halides is 3. The van der Waals surface area contributed by atoms with E-state index in [-0.39, 0.29) is 10.6 Å². The van der Waals surface area contributed by atoms with Gasteiger partial charge in [0.25, 0.3) is 0 Å². The maximum Gasteiger partial charge on any atom is 0.417 e. The fourth-order valence-electron chi connectivity index (χ4n) is 1.10. The van der Waals surface area contributed by atoms with Crippen molar-refractivity contribution in [2.24, 2.45) is 0 Å². The van der Waals surface area contributed by atoms with Crippen LogP contribution in [0.5, 0.6) is 0 Å². The van der Waals surface area contributed by atoms with Gasteiger partial charge in [-0.1, -0.05) is 17.7 Å². The van der Waals surface area contributed by atoms with Crippen molar-refractivity contribution in [3.63, 3.8) is 0 Å². The van der Waals surface area contributed by atoms with Gasteiger partial charge in [-0.15, -0.1) is 0 Å². The molecule has 0 N–H and O–H groups in total. The second-order valence-electron chi connectivity index (χ2n) is 3.09. The maximum absolute atomic E-state index is 12.5. The summed E-state index contributed by atoms with van der Waals surface area (Å²) in [5, 5.41) is -0.382. The third-order valence-corrected chi connectivity index (χ3v) is 2.24. The smallest absolute Gasteiger partial charge is 0.417 e. The molecule has 0 aliphatic rings. The SMILES string of the molecule is COC(=O)C=Cc1ccc(Cl)c(C(F)(F)F)c1. The van der Waals surface area contributed by atoms with Crippen LogP contribution in [-0.2, 0) is 15.7 Å². The van der Waals surface area contributed by atoms with Gasteiger partial charge in [0.05, 0.1) is 17.7 Å². The van der Waals surface area contributed by atoms with Crippen LogP contribution in [0.3, 0.4) is 0 Å². The molecule has 1 aromatic carbocycles. The number of esters is 1. The molecule has 0 saturated heterocycles. The van der Waals surface area contributed by atoms with E-state index >= 15 is 0 Å². The lowest BCUT2D eigenvalue weighted by Gasteiger charge is -2.09. The quantitative estimate of drug-likeness (QED) is 0.603. The highest BCUT2D eigenvalue weighted by atomic mass is 35.5. The normalized spacial score (nSPS) is 11.8. The Balaban J connectivity index is 3.05. The van der Waals surface area contributed by atoms with Gasteiger partial charge in [-0.2, -0.15) is 13.2 Å². The Morgan fingerprint density at radius 1 is 1.41 bits per heavy atom. The zero-order valence-corrected chi connectivity index (χ0v) is 9.47. The van der Waals surface area contributed by atoms with Gasteiger partial charge in [0.2, 0.25) is 0 Å². The number of halogens is 4. The van der Waals surface area contributed by atoms with Crippen LogP contribution in [0.25, 0.3) is 6.08 Å². The van der Waals surface area contributed by atoms with E-state index in [0.717, 1.165) is 18.2 Å². The fraction of sp³-hybridized carbons (Fsp3) is 0.182. The summed E-state index contributed by atoms with van der Waals surface area (Å²) in [4.78, 5) is 10.8. The number of hydrogen-bond donors (Lipinski definition) is 0. The van der Waals surface area contributed by atoms with Gasteiger partial charge in [-0.05, 0) is 23.8 Å². The van der Waals surface area contributed by atoms with Gasteiger partial charge >= 0.3 is 12.1 Å². The predicted octanol–water partition coefficient (Wildman–Crippen LogP) is 3.55. The lowest BCUT2D eigenvalue weighted by molar-refractivity contribution is -0.137. The minimum absolute atomic E-state index is 0.215. The molecular weight excluding hydrogens is 257 g/mol. The first-order valence-corrected chi connectivity index (χ1v) is 4.85. The van der Waals surface area contributed by atoms with Crippen LogP contribution in [0, 0.1) is 0 Å².